The average Bonchev–Trinajstić information content (AvgIpc) is 3.23. The van der Waals surface area contributed by atoms with Gasteiger partial charge >= 0.3 is 5.97 Å². The number of aryl methyl sites for hydroxylation is 2. The van der Waals surface area contributed by atoms with E-state index in [9.17, 15) is 9.59 Å². The van der Waals surface area contributed by atoms with E-state index in [-0.39, 0.29) is 11.8 Å². The lowest BCUT2D eigenvalue weighted by Crippen LogP contribution is -2.49. The van der Waals surface area contributed by atoms with Gasteiger partial charge in [0.05, 0.1) is 5.71 Å². The summed E-state index contributed by atoms with van der Waals surface area (Å²) >= 11 is 0. The monoisotopic (exact) mass is 511 g/mol. The summed E-state index contributed by atoms with van der Waals surface area (Å²) in [4.78, 5) is 33.6. The fourth-order valence-corrected chi connectivity index (χ4v) is 5.05. The van der Waals surface area contributed by atoms with Crippen molar-refractivity contribution in [3.63, 3.8) is 0 Å². The van der Waals surface area contributed by atoms with Crippen LogP contribution in [0.2, 0.25) is 0 Å². The number of oxime groups is 1. The van der Waals surface area contributed by atoms with Crippen molar-refractivity contribution >= 4 is 39.3 Å². The van der Waals surface area contributed by atoms with Crippen LogP contribution in [0.5, 0.6) is 0 Å². The molecule has 0 aliphatic carbocycles. The second-order valence-corrected chi connectivity index (χ2v) is 10.3. The first-order valence-corrected chi connectivity index (χ1v) is 13.2. The van der Waals surface area contributed by atoms with Crippen LogP contribution in [0, 0.1) is 6.92 Å². The Balaban J connectivity index is 1.74. The molecule has 6 heteroatoms. The Bertz CT molecular complexity index is 1550. The van der Waals surface area contributed by atoms with Crippen molar-refractivity contribution in [2.45, 2.75) is 59.5 Å². The van der Waals surface area contributed by atoms with Crippen molar-refractivity contribution in [1.29, 1.82) is 0 Å². The van der Waals surface area contributed by atoms with Crippen LogP contribution in [0.15, 0.2) is 65.8 Å². The highest BCUT2D eigenvalue weighted by Crippen LogP contribution is 2.32. The largest absolute Gasteiger partial charge is 0.354 e. The van der Waals surface area contributed by atoms with Gasteiger partial charge in [-0.25, -0.2) is 4.79 Å². The van der Waals surface area contributed by atoms with Gasteiger partial charge in [0.15, 0.2) is 5.78 Å². The number of rotatable bonds is 9. The van der Waals surface area contributed by atoms with Crippen LogP contribution in [0.3, 0.4) is 0 Å². The second kappa shape index (κ2) is 10.9. The lowest BCUT2D eigenvalue weighted by atomic mass is 9.95. The molecular formula is C32H37N3O3. The van der Waals surface area contributed by atoms with E-state index in [4.69, 9.17) is 4.84 Å². The molecule has 38 heavy (non-hydrogen) atoms. The molecule has 4 aromatic rings. The van der Waals surface area contributed by atoms with Crippen LogP contribution < -0.4 is 0 Å². The molecule has 4 rings (SSSR count). The molecule has 0 saturated heterocycles. The van der Waals surface area contributed by atoms with Crippen molar-refractivity contribution in [1.82, 2.24) is 9.47 Å². The Labute approximate surface area is 224 Å². The third-order valence-corrected chi connectivity index (χ3v) is 7.68. The highest BCUT2D eigenvalue weighted by Gasteiger charge is 2.37. The maximum absolute atomic E-state index is 13.3. The molecule has 0 spiro atoms. The summed E-state index contributed by atoms with van der Waals surface area (Å²) in [5.41, 5.74) is 5.22. The van der Waals surface area contributed by atoms with Gasteiger partial charge in [0.1, 0.15) is 5.54 Å². The third kappa shape index (κ3) is 4.88. The number of nitrogens with zero attached hydrogens (tertiary/aromatic N) is 3. The summed E-state index contributed by atoms with van der Waals surface area (Å²) in [5, 5.41) is 6.26. The first-order chi connectivity index (χ1) is 18.1. The van der Waals surface area contributed by atoms with E-state index in [2.05, 4.69) is 28.8 Å². The molecule has 1 atom stereocenters. The van der Waals surface area contributed by atoms with Gasteiger partial charge in [-0.3, -0.25) is 9.69 Å². The number of hydrogen-bond acceptors (Lipinski definition) is 5. The van der Waals surface area contributed by atoms with E-state index < -0.39 is 5.54 Å². The summed E-state index contributed by atoms with van der Waals surface area (Å²) in [6.07, 6.45) is 1.54. The molecule has 0 N–H and O–H groups in total. The average molecular weight is 512 g/mol. The van der Waals surface area contributed by atoms with E-state index in [1.807, 2.05) is 95.2 Å². The van der Waals surface area contributed by atoms with Crippen LogP contribution in [0.25, 0.3) is 21.8 Å². The van der Waals surface area contributed by atoms with Crippen molar-refractivity contribution < 1.29 is 14.4 Å². The predicted octanol–water partition coefficient (Wildman–Crippen LogP) is 6.74. The molecule has 198 valence electrons. The van der Waals surface area contributed by atoms with E-state index in [0.717, 1.165) is 45.9 Å². The maximum atomic E-state index is 13.3. The Morgan fingerprint density at radius 2 is 1.55 bits per heavy atom. The van der Waals surface area contributed by atoms with Crippen LogP contribution in [0.4, 0.5) is 0 Å². The number of hydrogen-bond donors (Lipinski definition) is 0. The number of benzene rings is 3. The Morgan fingerprint density at radius 1 is 0.947 bits per heavy atom. The molecule has 0 radical (unpaired) electrons. The molecule has 1 aromatic heterocycles. The molecule has 0 saturated carbocycles. The normalized spacial score (nSPS) is 13.7. The van der Waals surface area contributed by atoms with Crippen LogP contribution in [-0.2, 0) is 16.2 Å². The van der Waals surface area contributed by atoms with Gasteiger partial charge in [0, 0.05) is 39.5 Å². The molecular weight excluding hydrogens is 474 g/mol. The predicted molar refractivity (Wildman–Crippen MR) is 155 cm³/mol. The quantitative estimate of drug-likeness (QED) is 0.108. The molecule has 0 amide bonds. The fraction of sp³-hybridized carbons (Fsp3) is 0.344. The SMILES string of the molecule is CCCC(C)(C(=O)ON=C(C)c1ccc2c(c1)c1cc(C(=O)c3ccccc3C)ccc1n2CC)N(C)C. The Morgan fingerprint density at radius 3 is 2.13 bits per heavy atom. The lowest BCUT2D eigenvalue weighted by molar-refractivity contribution is -0.156. The number of carbonyl (C=O) groups excluding carboxylic acids is 2. The van der Waals surface area contributed by atoms with Gasteiger partial charge in [0.2, 0.25) is 0 Å². The van der Waals surface area contributed by atoms with E-state index in [1.165, 1.54) is 0 Å². The van der Waals surface area contributed by atoms with Crippen molar-refractivity contribution in [3.05, 3.63) is 82.9 Å². The van der Waals surface area contributed by atoms with Crippen LogP contribution in [0.1, 0.15) is 67.6 Å². The second-order valence-electron chi connectivity index (χ2n) is 10.3. The zero-order chi connectivity index (χ0) is 27.6. The Kier molecular flexibility index (Phi) is 7.83. The smallest absolute Gasteiger partial charge is 0.341 e. The van der Waals surface area contributed by atoms with Gasteiger partial charge in [-0.2, -0.15) is 0 Å². The lowest BCUT2D eigenvalue weighted by Gasteiger charge is -2.32. The number of fused-ring (bicyclic) bond motifs is 3. The molecule has 0 fully saturated rings. The van der Waals surface area contributed by atoms with Gasteiger partial charge in [-0.15, -0.1) is 0 Å². The molecule has 6 nitrogen and oxygen atoms in total. The molecule has 0 aliphatic rings. The van der Waals surface area contributed by atoms with E-state index in [0.29, 0.717) is 23.3 Å². The topological polar surface area (TPSA) is 63.9 Å². The first-order valence-electron chi connectivity index (χ1n) is 13.2. The zero-order valence-corrected chi connectivity index (χ0v) is 23.5. The third-order valence-electron chi connectivity index (χ3n) is 7.68. The molecule has 1 unspecified atom stereocenters. The fourth-order valence-electron chi connectivity index (χ4n) is 5.05. The van der Waals surface area contributed by atoms with Crippen LogP contribution in [-0.4, -0.2) is 46.6 Å². The molecule has 0 aliphatic heterocycles. The Hall–Kier alpha value is -3.77. The van der Waals surface area contributed by atoms with Crippen molar-refractivity contribution in [2.24, 2.45) is 5.16 Å². The molecule has 0 bridgehead atoms. The summed E-state index contributed by atoms with van der Waals surface area (Å²) in [7, 11) is 3.76. The standard InChI is InChI=1S/C32H37N3O3/c1-8-18-32(5,34(6)7)31(37)38-33-22(4)23-14-16-28-26(19-23)27-20-24(15-17-29(27)35(28)9-2)30(36)25-13-11-10-12-21(25)3/h10-17,19-20H,8-9,18H2,1-7H3. The summed E-state index contributed by atoms with van der Waals surface area (Å²) < 4.78 is 2.25. The minimum Gasteiger partial charge on any atom is -0.341 e. The zero-order valence-electron chi connectivity index (χ0n) is 23.5. The number of carbonyl (C=O) groups is 2. The summed E-state index contributed by atoms with van der Waals surface area (Å²) in [6.45, 7) is 10.6. The summed E-state index contributed by atoms with van der Waals surface area (Å²) in [6, 6.07) is 19.7. The van der Waals surface area contributed by atoms with Gasteiger partial charge in [-0.1, -0.05) is 48.8 Å². The van der Waals surface area contributed by atoms with Crippen molar-refractivity contribution in [2.75, 3.05) is 14.1 Å². The highest BCUT2D eigenvalue weighted by atomic mass is 16.7. The number of likely N-dealkylation sites (N-methyl/N-ethyl adjacent to an activating group) is 1. The van der Waals surface area contributed by atoms with Gasteiger partial charge < -0.3 is 9.40 Å². The van der Waals surface area contributed by atoms with E-state index >= 15 is 0 Å². The van der Waals surface area contributed by atoms with E-state index in [1.54, 1.807) is 0 Å². The van der Waals surface area contributed by atoms with Gasteiger partial charge in [-0.05, 0) is 89.7 Å². The van der Waals surface area contributed by atoms with Gasteiger partial charge in [0.25, 0.3) is 0 Å². The maximum Gasteiger partial charge on any atom is 0.354 e. The number of ketones is 1. The highest BCUT2D eigenvalue weighted by molar-refractivity contribution is 6.16. The minimum atomic E-state index is -0.739. The number of aromatic nitrogens is 1. The minimum absolute atomic E-state index is 0.0132. The van der Waals surface area contributed by atoms with Crippen LogP contribution >= 0.6 is 0 Å². The summed E-state index contributed by atoms with van der Waals surface area (Å²) in [5.74, 6) is -0.356. The molecule has 3 aromatic carbocycles. The first kappa shape index (κ1) is 27.3. The van der Waals surface area contributed by atoms with Crippen molar-refractivity contribution in [3.8, 4) is 0 Å². The molecule has 1 heterocycles.